The fraction of sp³-hybridized carbons (Fsp3) is 1.00. The third-order valence-corrected chi connectivity index (χ3v) is 3.70. The molecule has 2 atom stereocenters. The molecule has 0 radical (unpaired) electrons. The van der Waals surface area contributed by atoms with E-state index in [1.54, 1.807) is 0 Å². The van der Waals surface area contributed by atoms with E-state index < -0.39 is 0 Å². The minimum Gasteiger partial charge on any atom is -0.394 e. The van der Waals surface area contributed by atoms with Crippen LogP contribution in [0.5, 0.6) is 0 Å². The van der Waals surface area contributed by atoms with Crippen LogP contribution in [-0.4, -0.2) is 49.7 Å². The van der Waals surface area contributed by atoms with E-state index >= 15 is 0 Å². The first-order valence-electron chi connectivity index (χ1n) is 6.40. The predicted octanol–water partition coefficient (Wildman–Crippen LogP) is 0.687. The van der Waals surface area contributed by atoms with Crippen molar-refractivity contribution in [2.45, 2.75) is 43.7 Å². The van der Waals surface area contributed by atoms with E-state index in [1.165, 1.54) is 6.42 Å². The lowest BCUT2D eigenvalue weighted by Gasteiger charge is -2.32. The van der Waals surface area contributed by atoms with Crippen molar-refractivity contribution < 1.29 is 14.6 Å². The van der Waals surface area contributed by atoms with E-state index in [9.17, 15) is 5.11 Å². The topological polar surface area (TPSA) is 50.7 Å². The van der Waals surface area contributed by atoms with Gasteiger partial charge in [-0.2, -0.15) is 0 Å². The van der Waals surface area contributed by atoms with Crippen molar-refractivity contribution in [3.63, 3.8) is 0 Å². The SMILES string of the molecule is OCC1(NCC2CCCO2)CCCOCC1. The fourth-order valence-electron chi connectivity index (χ4n) is 2.53. The van der Waals surface area contributed by atoms with E-state index in [4.69, 9.17) is 9.47 Å². The van der Waals surface area contributed by atoms with Crippen molar-refractivity contribution in [3.05, 3.63) is 0 Å². The van der Waals surface area contributed by atoms with Crippen LogP contribution in [-0.2, 0) is 9.47 Å². The van der Waals surface area contributed by atoms with Crippen molar-refractivity contribution >= 4 is 0 Å². The molecule has 0 saturated carbocycles. The maximum atomic E-state index is 9.58. The van der Waals surface area contributed by atoms with Crippen LogP contribution in [0.3, 0.4) is 0 Å². The molecule has 0 aromatic rings. The normalized spacial score (nSPS) is 36.2. The summed E-state index contributed by atoms with van der Waals surface area (Å²) in [7, 11) is 0. The largest absolute Gasteiger partial charge is 0.394 e. The minimum absolute atomic E-state index is 0.136. The molecule has 2 unspecified atom stereocenters. The summed E-state index contributed by atoms with van der Waals surface area (Å²) < 4.78 is 11.0. The Hall–Kier alpha value is -0.160. The second-order valence-corrected chi connectivity index (χ2v) is 4.92. The number of rotatable bonds is 4. The molecule has 0 aromatic heterocycles. The number of nitrogens with one attached hydrogen (secondary N) is 1. The molecule has 0 aromatic carbocycles. The van der Waals surface area contributed by atoms with Gasteiger partial charge < -0.3 is 19.9 Å². The van der Waals surface area contributed by atoms with E-state index in [-0.39, 0.29) is 12.1 Å². The van der Waals surface area contributed by atoms with Gasteiger partial charge in [-0.3, -0.25) is 0 Å². The average molecular weight is 229 g/mol. The fourth-order valence-corrected chi connectivity index (χ4v) is 2.53. The van der Waals surface area contributed by atoms with E-state index in [0.29, 0.717) is 6.10 Å². The molecule has 2 fully saturated rings. The molecule has 2 N–H and O–H groups in total. The van der Waals surface area contributed by atoms with Gasteiger partial charge >= 0.3 is 0 Å². The maximum absolute atomic E-state index is 9.58. The van der Waals surface area contributed by atoms with E-state index in [0.717, 1.165) is 52.0 Å². The highest BCUT2D eigenvalue weighted by atomic mass is 16.5. The van der Waals surface area contributed by atoms with Crippen LogP contribution < -0.4 is 5.32 Å². The standard InChI is InChI=1S/C12H23NO3/c14-10-12(4-2-6-15-8-5-12)13-9-11-3-1-7-16-11/h11,13-14H,1-10H2. The maximum Gasteiger partial charge on any atom is 0.0700 e. The van der Waals surface area contributed by atoms with Crippen molar-refractivity contribution in [1.82, 2.24) is 5.32 Å². The molecular formula is C12H23NO3. The Balaban J connectivity index is 1.81. The molecule has 0 bridgehead atoms. The number of hydrogen-bond donors (Lipinski definition) is 2. The first kappa shape index (κ1) is 12.3. The Morgan fingerprint density at radius 3 is 2.88 bits per heavy atom. The lowest BCUT2D eigenvalue weighted by atomic mass is 9.91. The predicted molar refractivity (Wildman–Crippen MR) is 61.5 cm³/mol. The van der Waals surface area contributed by atoms with Gasteiger partial charge in [-0.25, -0.2) is 0 Å². The molecule has 2 saturated heterocycles. The lowest BCUT2D eigenvalue weighted by Crippen LogP contribution is -2.51. The van der Waals surface area contributed by atoms with Gasteiger partial charge in [0.2, 0.25) is 0 Å². The average Bonchev–Trinajstić information content (AvgIpc) is 2.72. The molecule has 2 heterocycles. The molecule has 0 aliphatic carbocycles. The summed E-state index contributed by atoms with van der Waals surface area (Å²) >= 11 is 0. The van der Waals surface area contributed by atoms with Gasteiger partial charge in [0, 0.05) is 31.9 Å². The van der Waals surface area contributed by atoms with Gasteiger partial charge in [-0.15, -0.1) is 0 Å². The van der Waals surface area contributed by atoms with Crippen LogP contribution >= 0.6 is 0 Å². The van der Waals surface area contributed by atoms with Crippen LogP contribution in [0.15, 0.2) is 0 Å². The summed E-state index contributed by atoms with van der Waals surface area (Å²) in [5.41, 5.74) is -0.136. The Labute approximate surface area is 97.3 Å². The lowest BCUT2D eigenvalue weighted by molar-refractivity contribution is 0.0779. The van der Waals surface area contributed by atoms with Crippen molar-refractivity contribution in [1.29, 1.82) is 0 Å². The quantitative estimate of drug-likeness (QED) is 0.744. The van der Waals surface area contributed by atoms with Crippen LogP contribution in [0.2, 0.25) is 0 Å². The highest BCUT2D eigenvalue weighted by molar-refractivity contribution is 4.89. The van der Waals surface area contributed by atoms with Gasteiger partial charge in [0.25, 0.3) is 0 Å². The van der Waals surface area contributed by atoms with Gasteiger partial charge in [-0.05, 0) is 32.1 Å². The van der Waals surface area contributed by atoms with Crippen LogP contribution in [0.1, 0.15) is 32.1 Å². The van der Waals surface area contributed by atoms with Gasteiger partial charge in [0.05, 0.1) is 12.7 Å². The number of aliphatic hydroxyl groups is 1. The molecule has 2 aliphatic rings. The van der Waals surface area contributed by atoms with Crippen molar-refractivity contribution in [3.8, 4) is 0 Å². The summed E-state index contributed by atoms with van der Waals surface area (Å²) in [5, 5.41) is 13.1. The smallest absolute Gasteiger partial charge is 0.0700 e. The summed E-state index contributed by atoms with van der Waals surface area (Å²) in [4.78, 5) is 0. The molecule has 0 spiro atoms. The third-order valence-electron chi connectivity index (χ3n) is 3.70. The first-order chi connectivity index (χ1) is 7.85. The second kappa shape index (κ2) is 5.96. The Morgan fingerprint density at radius 2 is 2.12 bits per heavy atom. The van der Waals surface area contributed by atoms with Crippen LogP contribution in [0.4, 0.5) is 0 Å². The number of ether oxygens (including phenoxy) is 2. The summed E-state index contributed by atoms with van der Waals surface area (Å²) in [6.07, 6.45) is 5.57. The van der Waals surface area contributed by atoms with E-state index in [1.807, 2.05) is 0 Å². The summed E-state index contributed by atoms with van der Waals surface area (Å²) in [5.74, 6) is 0. The molecule has 0 amide bonds. The third kappa shape index (κ3) is 3.17. The van der Waals surface area contributed by atoms with E-state index in [2.05, 4.69) is 5.32 Å². The monoisotopic (exact) mass is 229 g/mol. The minimum atomic E-state index is -0.136. The van der Waals surface area contributed by atoms with Gasteiger partial charge in [-0.1, -0.05) is 0 Å². The zero-order valence-corrected chi connectivity index (χ0v) is 9.91. The van der Waals surface area contributed by atoms with Crippen LogP contribution in [0, 0.1) is 0 Å². The molecule has 94 valence electrons. The summed E-state index contributed by atoms with van der Waals surface area (Å²) in [6, 6.07) is 0. The van der Waals surface area contributed by atoms with Crippen molar-refractivity contribution in [2.24, 2.45) is 0 Å². The molecule has 16 heavy (non-hydrogen) atoms. The van der Waals surface area contributed by atoms with Crippen LogP contribution in [0.25, 0.3) is 0 Å². The molecular weight excluding hydrogens is 206 g/mol. The molecule has 4 nitrogen and oxygen atoms in total. The highest BCUT2D eigenvalue weighted by Crippen LogP contribution is 2.21. The number of aliphatic hydroxyl groups excluding tert-OH is 1. The highest BCUT2D eigenvalue weighted by Gasteiger charge is 2.31. The molecule has 2 rings (SSSR count). The van der Waals surface area contributed by atoms with Gasteiger partial charge in [0.15, 0.2) is 0 Å². The Bertz CT molecular complexity index is 196. The molecule has 2 aliphatic heterocycles. The Morgan fingerprint density at radius 1 is 1.19 bits per heavy atom. The van der Waals surface area contributed by atoms with Gasteiger partial charge in [0.1, 0.15) is 0 Å². The zero-order valence-electron chi connectivity index (χ0n) is 9.91. The Kier molecular flexibility index (Phi) is 4.58. The number of hydrogen-bond acceptors (Lipinski definition) is 4. The second-order valence-electron chi connectivity index (χ2n) is 4.92. The summed E-state index contributed by atoms with van der Waals surface area (Å²) in [6.45, 7) is 3.52. The van der Waals surface area contributed by atoms with Crippen molar-refractivity contribution in [2.75, 3.05) is 33.0 Å². The zero-order chi connectivity index (χ0) is 11.3. The first-order valence-corrected chi connectivity index (χ1v) is 6.40. The molecule has 4 heteroatoms.